The smallest absolute Gasteiger partial charge is 0.238 e. The molecule has 4 heteroatoms. The van der Waals surface area contributed by atoms with Crippen molar-refractivity contribution in [2.24, 2.45) is 0 Å². The molecule has 0 N–H and O–H groups in total. The second kappa shape index (κ2) is 8.76. The van der Waals surface area contributed by atoms with Gasteiger partial charge in [0.25, 0.3) is 0 Å². The van der Waals surface area contributed by atoms with Gasteiger partial charge in [0.05, 0.1) is 22.1 Å². The first-order valence-corrected chi connectivity index (χ1v) is 14.8. The zero-order valence-corrected chi connectivity index (χ0v) is 23.5. The van der Waals surface area contributed by atoms with Gasteiger partial charge in [-0.2, -0.15) is 4.98 Å². The molecule has 0 amide bonds. The molecule has 3 heterocycles. The Bertz CT molecular complexity index is 2790. The van der Waals surface area contributed by atoms with Crippen molar-refractivity contribution in [2.45, 2.75) is 0 Å². The fourth-order valence-electron chi connectivity index (χ4n) is 7.03. The molecule has 0 atom stereocenters. The average molecular weight is 562 g/mol. The fraction of sp³-hybridized carbons (Fsp3) is 0. The van der Waals surface area contributed by atoms with E-state index < -0.39 is 0 Å². The maximum Gasteiger partial charge on any atom is 0.238 e. The summed E-state index contributed by atoms with van der Waals surface area (Å²) in [6, 6.07) is 49.1. The Balaban J connectivity index is 1.39. The van der Waals surface area contributed by atoms with Crippen molar-refractivity contribution in [2.75, 3.05) is 0 Å². The standard InChI is InChI=1S/C40H23N3O/c1-2-12-25-23-35-32(21-24(25)11-1)30-17-7-9-19-34(30)43(35)40-41-38(37-31-18-8-10-20-36(31)44-39(37)42-40)33-22-26-13-3-4-14-27(26)28-15-5-6-16-29(28)33/h1-23H. The highest BCUT2D eigenvalue weighted by molar-refractivity contribution is 6.19. The summed E-state index contributed by atoms with van der Waals surface area (Å²) < 4.78 is 8.67. The number of furan rings is 1. The van der Waals surface area contributed by atoms with E-state index in [0.29, 0.717) is 11.7 Å². The maximum atomic E-state index is 6.48. The van der Waals surface area contributed by atoms with E-state index in [1.807, 2.05) is 18.2 Å². The van der Waals surface area contributed by atoms with Crippen LogP contribution in [0, 0.1) is 0 Å². The minimum atomic E-state index is 0.579. The predicted octanol–water partition coefficient (Wildman–Crippen LogP) is 10.6. The molecule has 0 aliphatic heterocycles. The normalized spacial score (nSPS) is 12.1. The molecule has 0 aliphatic rings. The topological polar surface area (TPSA) is 43.9 Å². The van der Waals surface area contributed by atoms with Gasteiger partial charge in [-0.25, -0.2) is 4.98 Å². The van der Waals surface area contributed by atoms with Crippen molar-refractivity contribution in [3.63, 3.8) is 0 Å². The molecular weight excluding hydrogens is 538 g/mol. The van der Waals surface area contributed by atoms with Crippen molar-refractivity contribution in [1.82, 2.24) is 14.5 Å². The van der Waals surface area contributed by atoms with Crippen LogP contribution in [0.15, 0.2) is 144 Å². The van der Waals surface area contributed by atoms with E-state index in [1.165, 1.54) is 37.7 Å². The monoisotopic (exact) mass is 561 g/mol. The van der Waals surface area contributed by atoms with Crippen LogP contribution in [0.3, 0.4) is 0 Å². The molecule has 10 aromatic rings. The lowest BCUT2D eigenvalue weighted by Gasteiger charge is -2.13. The Morgan fingerprint density at radius 3 is 1.93 bits per heavy atom. The third-order valence-electron chi connectivity index (χ3n) is 8.99. The largest absolute Gasteiger partial charge is 0.437 e. The maximum absolute atomic E-state index is 6.48. The minimum absolute atomic E-state index is 0.579. The summed E-state index contributed by atoms with van der Waals surface area (Å²) >= 11 is 0. The van der Waals surface area contributed by atoms with Gasteiger partial charge in [0, 0.05) is 21.7 Å². The number of fused-ring (bicyclic) bond motifs is 10. The van der Waals surface area contributed by atoms with Crippen LogP contribution < -0.4 is 0 Å². The number of rotatable bonds is 2. The molecule has 204 valence electrons. The summed E-state index contributed by atoms with van der Waals surface area (Å²) in [5, 5.41) is 11.4. The molecule has 0 saturated carbocycles. The summed E-state index contributed by atoms with van der Waals surface area (Å²) in [5.41, 5.74) is 5.43. The van der Waals surface area contributed by atoms with Crippen molar-refractivity contribution in [3.8, 4) is 17.2 Å². The molecule has 7 aromatic carbocycles. The molecule has 0 bridgehead atoms. The highest BCUT2D eigenvalue weighted by Gasteiger charge is 2.22. The summed E-state index contributed by atoms with van der Waals surface area (Å²) in [6.07, 6.45) is 0. The quantitative estimate of drug-likeness (QED) is 0.197. The molecular formula is C40H23N3O. The van der Waals surface area contributed by atoms with E-state index in [-0.39, 0.29) is 0 Å². The van der Waals surface area contributed by atoms with Crippen LogP contribution in [-0.4, -0.2) is 14.5 Å². The molecule has 4 nitrogen and oxygen atoms in total. The van der Waals surface area contributed by atoms with Crippen LogP contribution in [0.2, 0.25) is 0 Å². The van der Waals surface area contributed by atoms with Crippen molar-refractivity contribution in [3.05, 3.63) is 140 Å². The molecule has 0 spiro atoms. The second-order valence-corrected chi connectivity index (χ2v) is 11.4. The lowest BCUT2D eigenvalue weighted by Crippen LogP contribution is -2.03. The zero-order chi connectivity index (χ0) is 28.8. The van der Waals surface area contributed by atoms with Gasteiger partial charge in [-0.3, -0.25) is 4.57 Å². The summed E-state index contributed by atoms with van der Waals surface area (Å²) in [5.74, 6) is 0.588. The van der Waals surface area contributed by atoms with E-state index in [9.17, 15) is 0 Å². The third kappa shape index (κ3) is 3.22. The number of hydrogen-bond acceptors (Lipinski definition) is 3. The Morgan fingerprint density at radius 1 is 0.455 bits per heavy atom. The molecule has 0 fully saturated rings. The Hall–Kier alpha value is -6.00. The van der Waals surface area contributed by atoms with Crippen LogP contribution in [0.25, 0.3) is 93.4 Å². The van der Waals surface area contributed by atoms with Gasteiger partial charge in [0.15, 0.2) is 0 Å². The SMILES string of the molecule is c1ccc2cc3c(cc2c1)c1ccccc1n3-c1nc(-c2cc3ccccc3c3ccccc23)c2c(n1)oc1ccccc12. The summed E-state index contributed by atoms with van der Waals surface area (Å²) in [7, 11) is 0. The average Bonchev–Trinajstić information content (AvgIpc) is 3.62. The Kier molecular flexibility index (Phi) is 4.69. The lowest BCUT2D eigenvalue weighted by molar-refractivity contribution is 0.651. The highest BCUT2D eigenvalue weighted by Crippen LogP contribution is 2.41. The van der Waals surface area contributed by atoms with E-state index in [1.54, 1.807) is 0 Å². The number of hydrogen-bond donors (Lipinski definition) is 0. The van der Waals surface area contributed by atoms with Crippen LogP contribution in [0.4, 0.5) is 0 Å². The minimum Gasteiger partial charge on any atom is -0.437 e. The van der Waals surface area contributed by atoms with Crippen LogP contribution in [-0.2, 0) is 0 Å². The summed E-state index contributed by atoms with van der Waals surface area (Å²) in [6.45, 7) is 0. The first-order valence-electron chi connectivity index (χ1n) is 14.8. The molecule has 10 rings (SSSR count). The van der Waals surface area contributed by atoms with E-state index in [2.05, 4.69) is 126 Å². The van der Waals surface area contributed by atoms with Gasteiger partial charge in [-0.15, -0.1) is 0 Å². The number of aromatic nitrogens is 3. The van der Waals surface area contributed by atoms with Gasteiger partial charge < -0.3 is 4.42 Å². The van der Waals surface area contributed by atoms with Crippen molar-refractivity contribution >= 4 is 76.2 Å². The van der Waals surface area contributed by atoms with E-state index in [4.69, 9.17) is 14.4 Å². The Labute approximate surface area is 251 Å². The van der Waals surface area contributed by atoms with Gasteiger partial charge in [-0.05, 0) is 62.6 Å². The van der Waals surface area contributed by atoms with Crippen LogP contribution in [0.5, 0.6) is 0 Å². The first kappa shape index (κ1) is 23.6. The van der Waals surface area contributed by atoms with Crippen LogP contribution in [0.1, 0.15) is 0 Å². The lowest BCUT2D eigenvalue weighted by atomic mass is 9.94. The first-order chi connectivity index (χ1) is 21.8. The summed E-state index contributed by atoms with van der Waals surface area (Å²) in [4.78, 5) is 10.6. The van der Waals surface area contributed by atoms with E-state index in [0.717, 1.165) is 44.0 Å². The molecule has 3 aromatic heterocycles. The van der Waals surface area contributed by atoms with Crippen molar-refractivity contribution in [1.29, 1.82) is 0 Å². The van der Waals surface area contributed by atoms with Gasteiger partial charge in [0.2, 0.25) is 11.7 Å². The van der Waals surface area contributed by atoms with Crippen molar-refractivity contribution < 1.29 is 4.42 Å². The van der Waals surface area contributed by atoms with Gasteiger partial charge >= 0.3 is 0 Å². The van der Waals surface area contributed by atoms with Gasteiger partial charge in [-0.1, -0.05) is 109 Å². The third-order valence-corrected chi connectivity index (χ3v) is 8.99. The molecule has 44 heavy (non-hydrogen) atoms. The van der Waals surface area contributed by atoms with Gasteiger partial charge in [0.1, 0.15) is 5.58 Å². The number of benzene rings is 7. The van der Waals surface area contributed by atoms with Crippen LogP contribution >= 0.6 is 0 Å². The number of nitrogens with zero attached hydrogens (tertiary/aromatic N) is 3. The second-order valence-electron chi connectivity index (χ2n) is 11.4. The highest BCUT2D eigenvalue weighted by atomic mass is 16.3. The fourth-order valence-corrected chi connectivity index (χ4v) is 7.03. The Morgan fingerprint density at radius 2 is 1.09 bits per heavy atom. The van der Waals surface area contributed by atoms with E-state index >= 15 is 0 Å². The molecule has 0 unspecified atom stereocenters. The molecule has 0 saturated heterocycles. The zero-order valence-electron chi connectivity index (χ0n) is 23.5. The predicted molar refractivity (Wildman–Crippen MR) is 182 cm³/mol. The molecule has 0 radical (unpaired) electrons. The number of para-hydroxylation sites is 2. The molecule has 0 aliphatic carbocycles.